The highest BCUT2D eigenvalue weighted by atomic mass is 15.2. The fraction of sp³-hybridized carbons (Fsp3) is 0.909. The van der Waals surface area contributed by atoms with Gasteiger partial charge in [-0.25, -0.2) is 0 Å². The number of hydrogen-bond acceptors (Lipinski definition) is 4. The van der Waals surface area contributed by atoms with Crippen molar-refractivity contribution in [1.82, 2.24) is 14.7 Å². The molecular weight excluding hydrogens is 188 g/mol. The second kappa shape index (κ2) is 6.78. The summed E-state index contributed by atoms with van der Waals surface area (Å²) in [7, 11) is 12.3. The average Bonchev–Trinajstić information content (AvgIpc) is 2.09. The topological polar surface area (TPSA) is 33.5 Å². The Kier molecular flexibility index (Phi) is 6.50. The molecule has 0 rings (SSSR count). The third-order valence-corrected chi connectivity index (χ3v) is 2.62. The second-order valence-corrected chi connectivity index (χ2v) is 4.69. The molecule has 0 fully saturated rings. The summed E-state index contributed by atoms with van der Waals surface area (Å²) < 4.78 is 0. The molecular formula is C11H24N4. The molecule has 0 radical (unpaired) electrons. The zero-order valence-corrected chi connectivity index (χ0v) is 10.9. The summed E-state index contributed by atoms with van der Waals surface area (Å²) in [4.78, 5) is 6.50. The first-order chi connectivity index (χ1) is 6.90. The van der Waals surface area contributed by atoms with Crippen LogP contribution in [0.2, 0.25) is 0 Å². The van der Waals surface area contributed by atoms with Gasteiger partial charge in [-0.05, 0) is 42.3 Å². The molecule has 0 aliphatic rings. The molecule has 0 aromatic rings. The molecule has 0 aromatic carbocycles. The Morgan fingerprint density at radius 2 is 1.40 bits per heavy atom. The Hall–Kier alpha value is -0.630. The molecule has 2 unspecified atom stereocenters. The van der Waals surface area contributed by atoms with Crippen LogP contribution >= 0.6 is 0 Å². The first kappa shape index (κ1) is 14.4. The summed E-state index contributed by atoms with van der Waals surface area (Å²) in [5, 5.41) is 8.84. The predicted molar refractivity (Wildman–Crippen MR) is 63.7 cm³/mol. The monoisotopic (exact) mass is 212 g/mol. The summed E-state index contributed by atoms with van der Waals surface area (Å²) >= 11 is 0. The molecule has 15 heavy (non-hydrogen) atoms. The minimum Gasteiger partial charge on any atom is -0.308 e. The molecule has 0 aromatic heterocycles. The Bertz CT molecular complexity index is 205. The molecule has 88 valence electrons. The van der Waals surface area contributed by atoms with Crippen molar-refractivity contribution in [3.63, 3.8) is 0 Å². The van der Waals surface area contributed by atoms with Gasteiger partial charge in [0.15, 0.2) is 0 Å². The Morgan fingerprint density at radius 1 is 0.933 bits per heavy atom. The third kappa shape index (κ3) is 5.12. The van der Waals surface area contributed by atoms with E-state index in [9.17, 15) is 0 Å². The molecule has 4 nitrogen and oxygen atoms in total. The molecule has 0 spiro atoms. The van der Waals surface area contributed by atoms with Crippen molar-refractivity contribution in [2.24, 2.45) is 0 Å². The number of nitrogens with zero attached hydrogens (tertiary/aromatic N) is 4. The standard InChI is InChI=1S/C11H24N4/c1-13(2)9-11(15(5)6)10(7-8-12)14(3)4/h10-11H,7,9H2,1-6H3. The number of likely N-dealkylation sites (N-methyl/N-ethyl adjacent to an activating group) is 3. The van der Waals surface area contributed by atoms with E-state index in [4.69, 9.17) is 5.26 Å². The van der Waals surface area contributed by atoms with Gasteiger partial charge in [-0.2, -0.15) is 5.26 Å². The van der Waals surface area contributed by atoms with E-state index in [2.05, 4.69) is 49.0 Å². The van der Waals surface area contributed by atoms with Crippen LogP contribution in [0.3, 0.4) is 0 Å². The fourth-order valence-corrected chi connectivity index (χ4v) is 1.76. The van der Waals surface area contributed by atoms with E-state index in [1.54, 1.807) is 0 Å². The van der Waals surface area contributed by atoms with Crippen molar-refractivity contribution < 1.29 is 0 Å². The summed E-state index contributed by atoms with van der Waals surface area (Å²) in [6.45, 7) is 0.970. The molecule has 0 saturated heterocycles. The van der Waals surface area contributed by atoms with Crippen molar-refractivity contribution in [3.8, 4) is 6.07 Å². The van der Waals surface area contributed by atoms with Gasteiger partial charge in [-0.3, -0.25) is 0 Å². The maximum Gasteiger partial charge on any atom is 0.0638 e. The maximum atomic E-state index is 8.84. The van der Waals surface area contributed by atoms with E-state index in [0.29, 0.717) is 12.5 Å². The van der Waals surface area contributed by atoms with E-state index in [1.807, 2.05) is 14.1 Å². The van der Waals surface area contributed by atoms with Crippen LogP contribution in [0.1, 0.15) is 6.42 Å². The zero-order valence-electron chi connectivity index (χ0n) is 10.9. The number of rotatable bonds is 6. The Morgan fingerprint density at radius 3 is 1.67 bits per heavy atom. The first-order valence-corrected chi connectivity index (χ1v) is 5.24. The van der Waals surface area contributed by atoms with Gasteiger partial charge in [0.2, 0.25) is 0 Å². The van der Waals surface area contributed by atoms with Crippen LogP contribution in [0.4, 0.5) is 0 Å². The molecule has 0 aliphatic carbocycles. The minimum atomic E-state index is 0.285. The molecule has 0 saturated carbocycles. The highest BCUT2D eigenvalue weighted by Gasteiger charge is 2.25. The average molecular weight is 212 g/mol. The van der Waals surface area contributed by atoms with Gasteiger partial charge in [0.1, 0.15) is 0 Å². The number of hydrogen-bond donors (Lipinski definition) is 0. The molecule has 0 N–H and O–H groups in total. The van der Waals surface area contributed by atoms with Gasteiger partial charge in [-0.1, -0.05) is 0 Å². The third-order valence-electron chi connectivity index (χ3n) is 2.62. The molecule has 0 aliphatic heterocycles. The zero-order chi connectivity index (χ0) is 12.0. The van der Waals surface area contributed by atoms with Gasteiger partial charge >= 0.3 is 0 Å². The molecule has 4 heteroatoms. The summed E-state index contributed by atoms with van der Waals surface area (Å²) in [6.07, 6.45) is 0.573. The van der Waals surface area contributed by atoms with Crippen LogP contribution in [-0.4, -0.2) is 75.6 Å². The van der Waals surface area contributed by atoms with Crippen LogP contribution in [-0.2, 0) is 0 Å². The van der Waals surface area contributed by atoms with Crippen LogP contribution in [0.15, 0.2) is 0 Å². The van der Waals surface area contributed by atoms with E-state index in [0.717, 1.165) is 6.54 Å². The number of nitriles is 1. The van der Waals surface area contributed by atoms with Gasteiger partial charge in [0.05, 0.1) is 12.5 Å². The first-order valence-electron chi connectivity index (χ1n) is 5.24. The van der Waals surface area contributed by atoms with Crippen LogP contribution in [0.25, 0.3) is 0 Å². The van der Waals surface area contributed by atoms with Gasteiger partial charge in [-0.15, -0.1) is 0 Å². The Labute approximate surface area is 94.1 Å². The normalized spacial score (nSPS) is 15.7. The molecule has 0 amide bonds. The molecule has 2 atom stereocenters. The fourth-order valence-electron chi connectivity index (χ4n) is 1.76. The smallest absolute Gasteiger partial charge is 0.0638 e. The summed E-state index contributed by atoms with van der Waals surface area (Å²) in [6, 6.07) is 2.94. The van der Waals surface area contributed by atoms with Crippen molar-refractivity contribution in [1.29, 1.82) is 5.26 Å². The largest absolute Gasteiger partial charge is 0.308 e. The molecule has 0 heterocycles. The van der Waals surface area contributed by atoms with Crippen molar-refractivity contribution in [2.75, 3.05) is 48.8 Å². The van der Waals surface area contributed by atoms with Crippen molar-refractivity contribution in [2.45, 2.75) is 18.5 Å². The lowest BCUT2D eigenvalue weighted by Crippen LogP contribution is -2.51. The molecule has 0 bridgehead atoms. The van der Waals surface area contributed by atoms with Crippen molar-refractivity contribution in [3.05, 3.63) is 0 Å². The van der Waals surface area contributed by atoms with Gasteiger partial charge in [0, 0.05) is 18.6 Å². The SMILES string of the molecule is CN(C)CC(C(CC#N)N(C)C)N(C)C. The summed E-state index contributed by atoms with van der Waals surface area (Å²) in [5.74, 6) is 0. The lowest BCUT2D eigenvalue weighted by Gasteiger charge is -2.36. The van der Waals surface area contributed by atoms with E-state index in [1.165, 1.54) is 0 Å². The second-order valence-electron chi connectivity index (χ2n) is 4.69. The van der Waals surface area contributed by atoms with Gasteiger partial charge < -0.3 is 14.7 Å². The summed E-state index contributed by atoms with van der Waals surface area (Å²) in [5.41, 5.74) is 0. The van der Waals surface area contributed by atoms with Crippen LogP contribution in [0, 0.1) is 11.3 Å². The van der Waals surface area contributed by atoms with E-state index in [-0.39, 0.29) is 6.04 Å². The van der Waals surface area contributed by atoms with Crippen LogP contribution in [0.5, 0.6) is 0 Å². The highest BCUT2D eigenvalue weighted by Crippen LogP contribution is 2.10. The lowest BCUT2D eigenvalue weighted by molar-refractivity contribution is 0.126. The van der Waals surface area contributed by atoms with E-state index < -0.39 is 0 Å². The van der Waals surface area contributed by atoms with E-state index >= 15 is 0 Å². The van der Waals surface area contributed by atoms with Gasteiger partial charge in [0.25, 0.3) is 0 Å². The lowest BCUT2D eigenvalue weighted by atomic mass is 10.0. The van der Waals surface area contributed by atoms with Crippen molar-refractivity contribution >= 4 is 0 Å². The highest BCUT2D eigenvalue weighted by molar-refractivity contribution is 4.90. The Balaban J connectivity index is 4.61. The predicted octanol–water partition coefficient (Wildman–Crippen LogP) is 0.322. The quantitative estimate of drug-likeness (QED) is 0.635. The minimum absolute atomic E-state index is 0.285. The van der Waals surface area contributed by atoms with Crippen LogP contribution < -0.4 is 0 Å². The maximum absolute atomic E-state index is 8.84.